The highest BCUT2D eigenvalue weighted by Crippen LogP contribution is 2.01. The van der Waals surface area contributed by atoms with Crippen LogP contribution in [0.25, 0.3) is 0 Å². The van der Waals surface area contributed by atoms with Crippen LogP contribution in [0.3, 0.4) is 0 Å². The monoisotopic (exact) mass is 302 g/mol. The zero-order valence-electron chi connectivity index (χ0n) is 8.62. The van der Waals surface area contributed by atoms with E-state index in [9.17, 15) is 13.2 Å². The minimum atomic E-state index is -3.79. The molecule has 6 nitrogen and oxygen atoms in total. The Morgan fingerprint density at radius 2 is 2.13 bits per heavy atom. The summed E-state index contributed by atoms with van der Waals surface area (Å²) < 4.78 is 30.7. The molecule has 0 saturated heterocycles. The second-order valence-corrected chi connectivity index (χ2v) is 5.85. The molecule has 8 heteroatoms. The summed E-state index contributed by atoms with van der Waals surface area (Å²) in [6, 6.07) is 0. The third kappa shape index (κ3) is 8.64. The summed E-state index contributed by atoms with van der Waals surface area (Å²) in [6.07, 6.45) is -0.346. The van der Waals surface area contributed by atoms with Gasteiger partial charge in [-0.05, 0) is 13.3 Å². The van der Waals surface area contributed by atoms with Crippen molar-refractivity contribution in [1.29, 1.82) is 0 Å². The number of nitrogens with one attached hydrogen (secondary N) is 2. The van der Waals surface area contributed by atoms with E-state index in [0.29, 0.717) is 6.42 Å². The van der Waals surface area contributed by atoms with E-state index in [-0.39, 0.29) is 18.0 Å². The summed E-state index contributed by atoms with van der Waals surface area (Å²) in [6.45, 7) is 3.86. The number of ether oxygens (including phenoxy) is 1. The van der Waals surface area contributed by atoms with Crippen molar-refractivity contribution in [2.24, 2.45) is 0 Å². The molecule has 0 bridgehead atoms. The molecule has 0 aromatic heterocycles. The molecule has 0 aromatic carbocycles. The van der Waals surface area contributed by atoms with Gasteiger partial charge in [-0.25, -0.2) is 9.52 Å². The average molecular weight is 303 g/mol. The molecule has 0 aliphatic carbocycles. The maximum absolute atomic E-state index is 11.2. The Bertz CT molecular complexity index is 291. The number of carbonyl (C=O) groups is 1. The number of alkyl halides is 1. The molecular formula is C7H15BrN2O4S. The molecule has 0 fully saturated rings. The van der Waals surface area contributed by atoms with E-state index in [4.69, 9.17) is 0 Å². The lowest BCUT2D eigenvalue weighted by Crippen LogP contribution is -2.41. The third-order valence-electron chi connectivity index (χ3n) is 1.33. The first-order valence-corrected chi connectivity index (χ1v) is 6.85. The number of halogens is 1. The van der Waals surface area contributed by atoms with Crippen molar-refractivity contribution in [1.82, 2.24) is 9.44 Å². The standard InChI is InChI=1S/C7H15BrN2O4S/c1-3-14-7(11)10-15(12,13)9-5-4-6(2)8/h6,9H,3-5H2,1-2H3,(H,10,11). The number of carbonyl (C=O) groups excluding carboxylic acids is 1. The summed E-state index contributed by atoms with van der Waals surface area (Å²) in [5.74, 6) is 0. The molecule has 0 aliphatic rings. The van der Waals surface area contributed by atoms with Crippen molar-refractivity contribution in [2.75, 3.05) is 13.2 Å². The summed E-state index contributed by atoms with van der Waals surface area (Å²) in [5, 5.41) is 0. The fraction of sp³-hybridized carbons (Fsp3) is 0.857. The number of hydrogen-bond acceptors (Lipinski definition) is 4. The molecule has 0 aliphatic heterocycles. The minimum Gasteiger partial charge on any atom is -0.449 e. The SMILES string of the molecule is CCOC(=O)NS(=O)(=O)NCCC(C)Br. The minimum absolute atomic E-state index is 0.125. The van der Waals surface area contributed by atoms with E-state index in [1.54, 1.807) is 11.6 Å². The Hall–Kier alpha value is -0.340. The highest BCUT2D eigenvalue weighted by atomic mass is 79.9. The summed E-state index contributed by atoms with van der Waals surface area (Å²) in [7, 11) is -3.79. The molecular weight excluding hydrogens is 288 g/mol. The molecule has 1 atom stereocenters. The summed E-state index contributed by atoms with van der Waals surface area (Å²) in [4.78, 5) is 11.0. The van der Waals surface area contributed by atoms with E-state index in [1.807, 2.05) is 6.92 Å². The van der Waals surface area contributed by atoms with Gasteiger partial charge in [0, 0.05) is 11.4 Å². The molecule has 1 amide bonds. The first-order chi connectivity index (χ1) is 6.87. The maximum Gasteiger partial charge on any atom is 0.421 e. The van der Waals surface area contributed by atoms with E-state index in [1.165, 1.54) is 0 Å². The van der Waals surface area contributed by atoms with Crippen LogP contribution in [0, 0.1) is 0 Å². The first kappa shape index (κ1) is 14.7. The smallest absolute Gasteiger partial charge is 0.421 e. The van der Waals surface area contributed by atoms with Gasteiger partial charge in [-0.15, -0.1) is 0 Å². The average Bonchev–Trinajstić information content (AvgIpc) is 2.01. The highest BCUT2D eigenvalue weighted by molar-refractivity contribution is 9.09. The van der Waals surface area contributed by atoms with Crippen LogP contribution in [-0.4, -0.2) is 32.5 Å². The van der Waals surface area contributed by atoms with Crippen molar-refractivity contribution in [3.63, 3.8) is 0 Å². The van der Waals surface area contributed by atoms with Gasteiger partial charge in [0.05, 0.1) is 6.61 Å². The van der Waals surface area contributed by atoms with Crippen molar-refractivity contribution in [2.45, 2.75) is 25.1 Å². The van der Waals surface area contributed by atoms with Gasteiger partial charge in [0.1, 0.15) is 0 Å². The van der Waals surface area contributed by atoms with E-state index in [0.717, 1.165) is 0 Å². The molecule has 0 heterocycles. The van der Waals surface area contributed by atoms with Gasteiger partial charge in [0.25, 0.3) is 0 Å². The van der Waals surface area contributed by atoms with Crippen molar-refractivity contribution >= 4 is 32.2 Å². The molecule has 90 valence electrons. The van der Waals surface area contributed by atoms with Crippen molar-refractivity contribution in [3.05, 3.63) is 0 Å². The second-order valence-electron chi connectivity index (χ2n) is 2.79. The van der Waals surface area contributed by atoms with Gasteiger partial charge in [0.2, 0.25) is 0 Å². The molecule has 0 saturated carbocycles. The van der Waals surface area contributed by atoms with Crippen LogP contribution >= 0.6 is 15.9 Å². The van der Waals surface area contributed by atoms with Crippen LogP contribution < -0.4 is 9.44 Å². The zero-order valence-corrected chi connectivity index (χ0v) is 11.0. The van der Waals surface area contributed by atoms with Crippen LogP contribution in [0.5, 0.6) is 0 Å². The molecule has 2 N–H and O–H groups in total. The van der Waals surface area contributed by atoms with Crippen molar-refractivity contribution < 1.29 is 17.9 Å². The van der Waals surface area contributed by atoms with Crippen LogP contribution in [0.2, 0.25) is 0 Å². The van der Waals surface area contributed by atoms with Crippen LogP contribution in [0.4, 0.5) is 4.79 Å². The number of amides is 1. The maximum atomic E-state index is 11.2. The largest absolute Gasteiger partial charge is 0.449 e. The second kappa shape index (κ2) is 7.02. The predicted octanol–water partition coefficient (Wildman–Crippen LogP) is 0.740. The Kier molecular flexibility index (Phi) is 6.86. The lowest BCUT2D eigenvalue weighted by Gasteiger charge is -2.08. The van der Waals surface area contributed by atoms with Crippen molar-refractivity contribution in [3.8, 4) is 0 Å². The van der Waals surface area contributed by atoms with Gasteiger partial charge in [-0.1, -0.05) is 22.9 Å². The molecule has 0 spiro atoms. The summed E-state index contributed by atoms with van der Waals surface area (Å²) in [5.41, 5.74) is 0. The fourth-order valence-corrected chi connectivity index (χ4v) is 1.66. The topological polar surface area (TPSA) is 84.5 Å². The molecule has 1 unspecified atom stereocenters. The normalized spacial score (nSPS) is 13.3. The first-order valence-electron chi connectivity index (χ1n) is 4.45. The van der Waals surface area contributed by atoms with Crippen LogP contribution in [0.15, 0.2) is 0 Å². The predicted molar refractivity (Wildman–Crippen MR) is 60.1 cm³/mol. The zero-order chi connectivity index (χ0) is 11.9. The Morgan fingerprint density at radius 3 is 2.60 bits per heavy atom. The quantitative estimate of drug-likeness (QED) is 0.709. The van der Waals surface area contributed by atoms with Gasteiger partial charge >= 0.3 is 16.3 Å². The van der Waals surface area contributed by atoms with Gasteiger partial charge in [-0.3, -0.25) is 0 Å². The lowest BCUT2D eigenvalue weighted by atomic mass is 10.3. The van der Waals surface area contributed by atoms with E-state index >= 15 is 0 Å². The number of rotatable bonds is 6. The fourth-order valence-electron chi connectivity index (χ4n) is 0.699. The van der Waals surface area contributed by atoms with Crippen LogP contribution in [-0.2, 0) is 14.9 Å². The van der Waals surface area contributed by atoms with Gasteiger partial charge in [-0.2, -0.15) is 13.1 Å². The lowest BCUT2D eigenvalue weighted by molar-refractivity contribution is 0.158. The Labute approximate surface area is 98.1 Å². The van der Waals surface area contributed by atoms with Gasteiger partial charge in [0.15, 0.2) is 0 Å². The number of hydrogen-bond donors (Lipinski definition) is 2. The molecule has 0 aromatic rings. The molecule has 0 radical (unpaired) electrons. The summed E-state index contributed by atoms with van der Waals surface area (Å²) >= 11 is 3.27. The third-order valence-corrected chi connectivity index (χ3v) is 2.80. The molecule has 15 heavy (non-hydrogen) atoms. The molecule has 0 rings (SSSR count). The van der Waals surface area contributed by atoms with Gasteiger partial charge < -0.3 is 4.74 Å². The Morgan fingerprint density at radius 1 is 1.53 bits per heavy atom. The van der Waals surface area contributed by atoms with E-state index in [2.05, 4.69) is 25.4 Å². The Balaban J connectivity index is 3.92. The highest BCUT2D eigenvalue weighted by Gasteiger charge is 2.14. The van der Waals surface area contributed by atoms with E-state index < -0.39 is 16.3 Å². The van der Waals surface area contributed by atoms with Crippen LogP contribution in [0.1, 0.15) is 20.3 Å².